The van der Waals surface area contributed by atoms with Crippen LogP contribution in [0.15, 0.2) is 51.9 Å². The fourth-order valence-electron chi connectivity index (χ4n) is 4.57. The summed E-state index contributed by atoms with van der Waals surface area (Å²) in [6.45, 7) is 2.57. The van der Waals surface area contributed by atoms with Crippen molar-refractivity contribution in [1.82, 2.24) is 30.0 Å². The fraction of sp³-hybridized carbons (Fsp3) is 0.346. The van der Waals surface area contributed by atoms with E-state index in [1.165, 1.54) is 0 Å². The average molecular weight is 473 g/mol. The van der Waals surface area contributed by atoms with Crippen molar-refractivity contribution in [2.24, 2.45) is 0 Å². The zero-order chi connectivity index (χ0) is 24.4. The molecule has 0 spiro atoms. The zero-order valence-corrected chi connectivity index (χ0v) is 20.1. The van der Waals surface area contributed by atoms with Crippen molar-refractivity contribution in [3.05, 3.63) is 64.3 Å². The maximum atomic E-state index is 12.5. The SMILES string of the molecule is CNCc1ccc(-c2nnc(-c3nc(-c4ccc(=O)n(C5CCCC5)c4)cnc3C)o2)c(OC)c1. The quantitative estimate of drug-likeness (QED) is 0.427. The Bertz CT molecular complexity index is 1400. The lowest BCUT2D eigenvalue weighted by Crippen LogP contribution is -2.22. The molecule has 9 nitrogen and oxygen atoms in total. The van der Waals surface area contributed by atoms with Gasteiger partial charge in [-0.15, -0.1) is 10.2 Å². The smallest absolute Gasteiger partial charge is 0.268 e. The number of pyridine rings is 1. The van der Waals surface area contributed by atoms with E-state index in [2.05, 4.69) is 20.5 Å². The molecule has 1 aliphatic rings. The number of nitrogens with one attached hydrogen (secondary N) is 1. The molecule has 1 N–H and O–H groups in total. The highest BCUT2D eigenvalue weighted by molar-refractivity contribution is 5.66. The van der Waals surface area contributed by atoms with Crippen LogP contribution in [-0.4, -0.2) is 38.9 Å². The van der Waals surface area contributed by atoms with E-state index in [9.17, 15) is 4.79 Å². The number of hydrogen-bond donors (Lipinski definition) is 1. The molecule has 180 valence electrons. The Kier molecular flexibility index (Phi) is 6.41. The molecule has 0 saturated heterocycles. The van der Waals surface area contributed by atoms with E-state index in [4.69, 9.17) is 14.1 Å². The van der Waals surface area contributed by atoms with Crippen molar-refractivity contribution in [2.45, 2.75) is 45.2 Å². The van der Waals surface area contributed by atoms with Crippen molar-refractivity contribution in [1.29, 1.82) is 0 Å². The van der Waals surface area contributed by atoms with Gasteiger partial charge in [-0.25, -0.2) is 4.98 Å². The fourth-order valence-corrected chi connectivity index (χ4v) is 4.57. The van der Waals surface area contributed by atoms with Gasteiger partial charge in [-0.3, -0.25) is 9.78 Å². The minimum Gasteiger partial charge on any atom is -0.496 e. The molecule has 4 aromatic rings. The standard InChI is InChI=1S/C26H28N6O3/c1-16-24(26-31-30-25(35-26)20-10-8-17(13-27-2)12-22(20)34-3)29-21(14-28-16)18-9-11-23(33)32(15-18)19-6-4-5-7-19/h8-12,14-15,19,27H,4-7,13H2,1-3H3. The first-order chi connectivity index (χ1) is 17.1. The van der Waals surface area contributed by atoms with Crippen molar-refractivity contribution >= 4 is 0 Å². The highest BCUT2D eigenvalue weighted by Crippen LogP contribution is 2.33. The Morgan fingerprint density at radius 1 is 1.14 bits per heavy atom. The van der Waals surface area contributed by atoms with Gasteiger partial charge >= 0.3 is 0 Å². The molecule has 1 aliphatic carbocycles. The Hall–Kier alpha value is -3.85. The first kappa shape index (κ1) is 22.9. The van der Waals surface area contributed by atoms with Crippen LogP contribution in [0, 0.1) is 6.92 Å². The monoisotopic (exact) mass is 472 g/mol. The largest absolute Gasteiger partial charge is 0.496 e. The minimum atomic E-state index is 0.0113. The summed E-state index contributed by atoms with van der Waals surface area (Å²) in [6.07, 6.45) is 7.95. The number of benzene rings is 1. The Morgan fingerprint density at radius 2 is 1.94 bits per heavy atom. The van der Waals surface area contributed by atoms with Crippen LogP contribution in [0.4, 0.5) is 0 Å². The lowest BCUT2D eigenvalue weighted by Gasteiger charge is -2.14. The number of nitrogens with zero attached hydrogens (tertiary/aromatic N) is 5. The number of ether oxygens (including phenoxy) is 1. The number of aryl methyl sites for hydroxylation is 1. The lowest BCUT2D eigenvalue weighted by molar-refractivity contribution is 0.413. The zero-order valence-electron chi connectivity index (χ0n) is 20.1. The molecule has 0 unspecified atom stereocenters. The van der Waals surface area contributed by atoms with Gasteiger partial charge in [0.05, 0.1) is 30.3 Å². The Labute approximate surface area is 203 Å². The normalized spacial score (nSPS) is 13.9. The van der Waals surface area contributed by atoms with Crippen LogP contribution >= 0.6 is 0 Å². The minimum absolute atomic E-state index is 0.0113. The molecule has 3 aromatic heterocycles. The van der Waals surface area contributed by atoms with Gasteiger partial charge in [-0.1, -0.05) is 18.9 Å². The Morgan fingerprint density at radius 3 is 2.71 bits per heavy atom. The van der Waals surface area contributed by atoms with E-state index in [0.29, 0.717) is 34.3 Å². The molecule has 1 saturated carbocycles. The predicted molar refractivity (Wildman–Crippen MR) is 132 cm³/mol. The molecule has 0 aliphatic heterocycles. The highest BCUT2D eigenvalue weighted by Gasteiger charge is 2.21. The third kappa shape index (κ3) is 4.59. The molecule has 0 atom stereocenters. The van der Waals surface area contributed by atoms with Crippen LogP contribution in [-0.2, 0) is 6.54 Å². The van der Waals surface area contributed by atoms with Crippen LogP contribution in [0.5, 0.6) is 5.75 Å². The van der Waals surface area contributed by atoms with E-state index in [0.717, 1.165) is 43.4 Å². The number of rotatable bonds is 7. The summed E-state index contributed by atoms with van der Waals surface area (Å²) < 4.78 is 13.4. The molecule has 1 fully saturated rings. The van der Waals surface area contributed by atoms with E-state index >= 15 is 0 Å². The second-order valence-electron chi connectivity index (χ2n) is 8.77. The summed E-state index contributed by atoms with van der Waals surface area (Å²) in [5.41, 5.74) is 4.45. The van der Waals surface area contributed by atoms with E-state index in [-0.39, 0.29) is 17.5 Å². The van der Waals surface area contributed by atoms with Crippen LogP contribution in [0.2, 0.25) is 0 Å². The molecule has 0 amide bonds. The van der Waals surface area contributed by atoms with Gasteiger partial charge in [0.1, 0.15) is 11.4 Å². The lowest BCUT2D eigenvalue weighted by atomic mass is 10.1. The molecule has 5 rings (SSSR count). The molecular formula is C26H28N6O3. The van der Waals surface area contributed by atoms with Crippen LogP contribution < -0.4 is 15.6 Å². The molecule has 0 radical (unpaired) electrons. The maximum Gasteiger partial charge on any atom is 0.268 e. The third-order valence-electron chi connectivity index (χ3n) is 6.41. The van der Waals surface area contributed by atoms with E-state index < -0.39 is 0 Å². The van der Waals surface area contributed by atoms with E-state index in [1.54, 1.807) is 25.4 Å². The second kappa shape index (κ2) is 9.79. The van der Waals surface area contributed by atoms with Crippen molar-refractivity contribution in [3.8, 4) is 40.0 Å². The van der Waals surface area contributed by atoms with Crippen molar-refractivity contribution < 1.29 is 9.15 Å². The summed E-state index contributed by atoms with van der Waals surface area (Å²) in [7, 11) is 3.51. The van der Waals surface area contributed by atoms with Crippen molar-refractivity contribution in [3.63, 3.8) is 0 Å². The van der Waals surface area contributed by atoms with Gasteiger partial charge in [0, 0.05) is 30.4 Å². The maximum absolute atomic E-state index is 12.5. The molecule has 1 aromatic carbocycles. The first-order valence-corrected chi connectivity index (χ1v) is 11.8. The van der Waals surface area contributed by atoms with E-state index in [1.807, 2.05) is 42.9 Å². The molecule has 9 heteroatoms. The molecule has 0 bridgehead atoms. The van der Waals surface area contributed by atoms with Crippen LogP contribution in [0.3, 0.4) is 0 Å². The molecular weight excluding hydrogens is 444 g/mol. The summed E-state index contributed by atoms with van der Waals surface area (Å²) in [4.78, 5) is 21.8. The summed E-state index contributed by atoms with van der Waals surface area (Å²) in [6, 6.07) is 9.47. The van der Waals surface area contributed by atoms with Gasteiger partial charge in [0.15, 0.2) is 0 Å². The predicted octanol–water partition coefficient (Wildman–Crippen LogP) is 4.17. The number of methoxy groups -OCH3 is 1. The van der Waals surface area contributed by atoms with Gasteiger partial charge in [-0.05, 0) is 50.6 Å². The third-order valence-corrected chi connectivity index (χ3v) is 6.41. The average Bonchev–Trinajstić information content (AvgIpc) is 3.58. The number of aromatic nitrogens is 5. The molecule has 35 heavy (non-hydrogen) atoms. The number of hydrogen-bond acceptors (Lipinski definition) is 8. The first-order valence-electron chi connectivity index (χ1n) is 11.8. The molecule has 3 heterocycles. The van der Waals surface area contributed by atoms with Gasteiger partial charge in [-0.2, -0.15) is 0 Å². The van der Waals surface area contributed by atoms with Gasteiger partial charge in [0.2, 0.25) is 0 Å². The summed E-state index contributed by atoms with van der Waals surface area (Å²) in [5.74, 6) is 1.27. The van der Waals surface area contributed by atoms with Gasteiger partial charge in [0.25, 0.3) is 17.3 Å². The van der Waals surface area contributed by atoms with Crippen LogP contribution in [0.1, 0.15) is 43.0 Å². The highest BCUT2D eigenvalue weighted by atomic mass is 16.5. The second-order valence-corrected chi connectivity index (χ2v) is 8.77. The van der Waals surface area contributed by atoms with Gasteiger partial charge < -0.3 is 19.0 Å². The topological polar surface area (TPSA) is 108 Å². The summed E-state index contributed by atoms with van der Waals surface area (Å²) in [5, 5.41) is 11.6. The van der Waals surface area contributed by atoms with Crippen LogP contribution in [0.25, 0.3) is 34.3 Å². The van der Waals surface area contributed by atoms with Crippen molar-refractivity contribution in [2.75, 3.05) is 14.2 Å². The Balaban J connectivity index is 1.49. The summed E-state index contributed by atoms with van der Waals surface area (Å²) >= 11 is 0.